The van der Waals surface area contributed by atoms with Gasteiger partial charge < -0.3 is 20.3 Å². The zero-order valence-electron chi connectivity index (χ0n) is 8.73. The molecule has 0 aromatic carbocycles. The molecule has 5 heteroatoms. The van der Waals surface area contributed by atoms with Crippen LogP contribution in [0.5, 0.6) is 0 Å². The molecule has 0 aromatic rings. The van der Waals surface area contributed by atoms with Gasteiger partial charge in [0.05, 0.1) is 13.2 Å². The van der Waals surface area contributed by atoms with Crippen molar-refractivity contribution in [2.75, 3.05) is 26.4 Å². The van der Waals surface area contributed by atoms with Gasteiger partial charge in [0.25, 0.3) is 0 Å². The van der Waals surface area contributed by atoms with Crippen molar-refractivity contribution in [3.05, 3.63) is 0 Å². The SMILES string of the molecule is CC(C)COCCOC(CN)C(=O)O. The molecule has 0 rings (SSSR count). The third-order valence-corrected chi connectivity index (χ3v) is 1.49. The van der Waals surface area contributed by atoms with Gasteiger partial charge in [-0.05, 0) is 5.92 Å². The fourth-order valence-corrected chi connectivity index (χ4v) is 0.808. The Labute approximate surface area is 84.2 Å². The molecule has 0 aliphatic rings. The topological polar surface area (TPSA) is 81.8 Å². The molecule has 0 radical (unpaired) electrons. The van der Waals surface area contributed by atoms with Gasteiger partial charge >= 0.3 is 5.97 Å². The lowest BCUT2D eigenvalue weighted by Gasteiger charge is -2.11. The molecule has 1 atom stereocenters. The summed E-state index contributed by atoms with van der Waals surface area (Å²) in [4.78, 5) is 10.5. The van der Waals surface area contributed by atoms with Crippen LogP contribution in [0.2, 0.25) is 0 Å². The van der Waals surface area contributed by atoms with Crippen molar-refractivity contribution in [1.82, 2.24) is 0 Å². The van der Waals surface area contributed by atoms with Crippen LogP contribution in [-0.4, -0.2) is 43.5 Å². The molecule has 0 fully saturated rings. The predicted molar refractivity (Wildman–Crippen MR) is 52.1 cm³/mol. The van der Waals surface area contributed by atoms with Crippen LogP contribution in [0.15, 0.2) is 0 Å². The van der Waals surface area contributed by atoms with Gasteiger partial charge in [-0.2, -0.15) is 0 Å². The van der Waals surface area contributed by atoms with Crippen LogP contribution < -0.4 is 5.73 Å². The van der Waals surface area contributed by atoms with E-state index in [9.17, 15) is 4.79 Å². The van der Waals surface area contributed by atoms with Crippen molar-refractivity contribution in [1.29, 1.82) is 0 Å². The van der Waals surface area contributed by atoms with Crippen molar-refractivity contribution in [2.45, 2.75) is 20.0 Å². The Morgan fingerprint density at radius 1 is 1.43 bits per heavy atom. The zero-order valence-corrected chi connectivity index (χ0v) is 8.73. The van der Waals surface area contributed by atoms with Gasteiger partial charge in [-0.3, -0.25) is 0 Å². The summed E-state index contributed by atoms with van der Waals surface area (Å²) in [5.41, 5.74) is 5.19. The second kappa shape index (κ2) is 7.73. The van der Waals surface area contributed by atoms with E-state index in [4.69, 9.17) is 20.3 Å². The molecular formula is C9H19NO4. The standard InChI is InChI=1S/C9H19NO4/c1-7(2)6-13-3-4-14-8(5-10)9(11)12/h7-8H,3-6,10H2,1-2H3,(H,11,12). The number of hydrogen-bond acceptors (Lipinski definition) is 4. The van der Waals surface area contributed by atoms with Crippen molar-refractivity contribution < 1.29 is 19.4 Å². The Hall–Kier alpha value is -0.650. The number of carboxylic acid groups (broad SMARTS) is 1. The molecule has 84 valence electrons. The highest BCUT2D eigenvalue weighted by atomic mass is 16.5. The van der Waals surface area contributed by atoms with Gasteiger partial charge in [-0.25, -0.2) is 4.79 Å². The first kappa shape index (κ1) is 13.4. The molecule has 0 aliphatic heterocycles. The number of rotatable bonds is 8. The molecule has 0 aromatic heterocycles. The maximum Gasteiger partial charge on any atom is 0.334 e. The number of aliphatic carboxylic acids is 1. The predicted octanol–water partition coefficient (Wildman–Crippen LogP) is 0.0875. The second-order valence-electron chi connectivity index (χ2n) is 3.40. The normalized spacial score (nSPS) is 13.1. The quantitative estimate of drug-likeness (QED) is 0.549. The largest absolute Gasteiger partial charge is 0.479 e. The van der Waals surface area contributed by atoms with Gasteiger partial charge in [-0.15, -0.1) is 0 Å². The van der Waals surface area contributed by atoms with E-state index >= 15 is 0 Å². The van der Waals surface area contributed by atoms with Gasteiger partial charge in [-0.1, -0.05) is 13.8 Å². The first-order chi connectivity index (χ1) is 6.57. The van der Waals surface area contributed by atoms with E-state index in [1.54, 1.807) is 0 Å². The molecule has 0 spiro atoms. The van der Waals surface area contributed by atoms with Crippen LogP contribution >= 0.6 is 0 Å². The molecule has 0 heterocycles. The number of carbonyl (C=O) groups is 1. The van der Waals surface area contributed by atoms with Crippen LogP contribution in [0.3, 0.4) is 0 Å². The maximum atomic E-state index is 10.5. The summed E-state index contributed by atoms with van der Waals surface area (Å²) in [6.45, 7) is 5.40. The molecule has 0 amide bonds. The van der Waals surface area contributed by atoms with E-state index in [0.29, 0.717) is 19.1 Å². The van der Waals surface area contributed by atoms with Crippen LogP contribution in [-0.2, 0) is 14.3 Å². The smallest absolute Gasteiger partial charge is 0.334 e. The fourth-order valence-electron chi connectivity index (χ4n) is 0.808. The van der Waals surface area contributed by atoms with Crippen molar-refractivity contribution in [3.8, 4) is 0 Å². The Bertz CT molecular complexity index is 161. The number of nitrogens with two attached hydrogens (primary N) is 1. The Morgan fingerprint density at radius 3 is 2.50 bits per heavy atom. The average Bonchev–Trinajstić information content (AvgIpc) is 2.10. The summed E-state index contributed by atoms with van der Waals surface area (Å²) in [6, 6.07) is 0. The van der Waals surface area contributed by atoms with Gasteiger partial charge in [0, 0.05) is 13.2 Å². The molecule has 0 aliphatic carbocycles. The van der Waals surface area contributed by atoms with E-state index in [1.165, 1.54) is 0 Å². The molecule has 0 saturated carbocycles. The van der Waals surface area contributed by atoms with E-state index in [2.05, 4.69) is 0 Å². The summed E-state index contributed by atoms with van der Waals surface area (Å²) < 4.78 is 10.2. The van der Waals surface area contributed by atoms with Crippen molar-refractivity contribution in [3.63, 3.8) is 0 Å². The van der Waals surface area contributed by atoms with E-state index in [-0.39, 0.29) is 13.2 Å². The first-order valence-electron chi connectivity index (χ1n) is 4.70. The van der Waals surface area contributed by atoms with E-state index < -0.39 is 12.1 Å². The van der Waals surface area contributed by atoms with Gasteiger partial charge in [0.1, 0.15) is 0 Å². The summed E-state index contributed by atoms with van der Waals surface area (Å²) in [6.07, 6.45) is -0.919. The Morgan fingerprint density at radius 2 is 2.07 bits per heavy atom. The molecule has 0 saturated heterocycles. The first-order valence-corrected chi connectivity index (χ1v) is 4.70. The van der Waals surface area contributed by atoms with Gasteiger partial charge in [0.2, 0.25) is 0 Å². The lowest BCUT2D eigenvalue weighted by molar-refractivity contribution is -0.150. The van der Waals surface area contributed by atoms with Crippen molar-refractivity contribution >= 4 is 5.97 Å². The Kier molecular flexibility index (Phi) is 7.37. The van der Waals surface area contributed by atoms with Crippen LogP contribution in [0.25, 0.3) is 0 Å². The lowest BCUT2D eigenvalue weighted by atomic mass is 10.2. The number of ether oxygens (including phenoxy) is 2. The molecular weight excluding hydrogens is 186 g/mol. The highest BCUT2D eigenvalue weighted by Gasteiger charge is 2.14. The average molecular weight is 205 g/mol. The third-order valence-electron chi connectivity index (χ3n) is 1.49. The summed E-state index contributed by atoms with van der Waals surface area (Å²) >= 11 is 0. The molecule has 1 unspecified atom stereocenters. The molecule has 5 nitrogen and oxygen atoms in total. The number of hydrogen-bond donors (Lipinski definition) is 2. The maximum absolute atomic E-state index is 10.5. The summed E-state index contributed by atoms with van der Waals surface area (Å²) in [7, 11) is 0. The minimum absolute atomic E-state index is 0.0144. The second-order valence-corrected chi connectivity index (χ2v) is 3.40. The fraction of sp³-hybridized carbons (Fsp3) is 0.889. The van der Waals surface area contributed by atoms with Gasteiger partial charge in [0.15, 0.2) is 6.10 Å². The highest BCUT2D eigenvalue weighted by Crippen LogP contribution is 1.94. The molecule has 3 N–H and O–H groups in total. The molecule has 0 bridgehead atoms. The Balaban J connectivity index is 3.38. The monoisotopic (exact) mass is 205 g/mol. The number of carboxylic acids is 1. The third kappa shape index (κ3) is 6.82. The minimum atomic E-state index is -1.03. The minimum Gasteiger partial charge on any atom is -0.479 e. The van der Waals surface area contributed by atoms with Crippen LogP contribution in [0.1, 0.15) is 13.8 Å². The summed E-state index contributed by atoms with van der Waals surface area (Å²) in [5, 5.41) is 8.57. The lowest BCUT2D eigenvalue weighted by Crippen LogP contribution is -2.33. The van der Waals surface area contributed by atoms with Crippen LogP contribution in [0.4, 0.5) is 0 Å². The highest BCUT2D eigenvalue weighted by molar-refractivity contribution is 5.72. The van der Waals surface area contributed by atoms with Crippen molar-refractivity contribution in [2.24, 2.45) is 11.7 Å². The van der Waals surface area contributed by atoms with Crippen LogP contribution in [0, 0.1) is 5.92 Å². The van der Waals surface area contributed by atoms with E-state index in [1.807, 2.05) is 13.8 Å². The summed E-state index contributed by atoms with van der Waals surface area (Å²) in [5.74, 6) is -0.559. The zero-order chi connectivity index (χ0) is 11.0. The molecule has 14 heavy (non-hydrogen) atoms. The van der Waals surface area contributed by atoms with E-state index in [0.717, 1.165) is 0 Å².